The van der Waals surface area contributed by atoms with Crippen LogP contribution < -0.4 is 10.6 Å². The Morgan fingerprint density at radius 1 is 1.53 bits per heavy atom. The van der Waals surface area contributed by atoms with Crippen molar-refractivity contribution in [1.82, 2.24) is 5.32 Å². The van der Waals surface area contributed by atoms with Crippen molar-refractivity contribution >= 4 is 34.6 Å². The van der Waals surface area contributed by atoms with Crippen LogP contribution in [0.2, 0.25) is 5.02 Å². The van der Waals surface area contributed by atoms with Crippen LogP contribution in [0.1, 0.15) is 26.7 Å². The second kappa shape index (κ2) is 6.77. The molecule has 0 amide bonds. The summed E-state index contributed by atoms with van der Waals surface area (Å²) in [5, 5.41) is 6.72. The second-order valence-corrected chi connectivity index (χ2v) is 4.73. The Kier molecular flexibility index (Phi) is 5.65. The number of hydrogen-bond donors (Lipinski definition) is 2. The molecule has 0 fully saturated rings. The lowest BCUT2D eigenvalue weighted by Gasteiger charge is -2.16. The predicted octanol–water partition coefficient (Wildman–Crippen LogP) is 3.95. The highest BCUT2D eigenvalue weighted by Gasteiger charge is 2.05. The summed E-state index contributed by atoms with van der Waals surface area (Å²) in [6.07, 6.45) is 2.14. The van der Waals surface area contributed by atoms with E-state index in [1.807, 2.05) is 0 Å². The molecule has 0 aromatic heterocycles. The van der Waals surface area contributed by atoms with Crippen LogP contribution in [0.5, 0.6) is 0 Å². The number of anilines is 1. The molecule has 0 saturated carbocycles. The van der Waals surface area contributed by atoms with E-state index in [-0.39, 0.29) is 5.02 Å². The molecule has 94 valence electrons. The van der Waals surface area contributed by atoms with E-state index in [1.54, 1.807) is 6.07 Å². The largest absolute Gasteiger partial charge is 0.360 e. The van der Waals surface area contributed by atoms with E-state index in [2.05, 4.69) is 24.5 Å². The van der Waals surface area contributed by atoms with Gasteiger partial charge in [-0.05, 0) is 43.8 Å². The summed E-state index contributed by atoms with van der Waals surface area (Å²) in [7, 11) is 0. The average Bonchev–Trinajstić information content (AvgIpc) is 2.23. The molecule has 0 heterocycles. The van der Waals surface area contributed by atoms with Gasteiger partial charge in [-0.1, -0.05) is 24.9 Å². The van der Waals surface area contributed by atoms with Gasteiger partial charge in [0, 0.05) is 11.7 Å². The van der Waals surface area contributed by atoms with Gasteiger partial charge in [0.2, 0.25) is 0 Å². The minimum absolute atomic E-state index is 0.0828. The first-order valence-corrected chi connectivity index (χ1v) is 6.34. The molecular weight excluding hydrogens is 259 g/mol. The van der Waals surface area contributed by atoms with Crippen molar-refractivity contribution in [2.24, 2.45) is 0 Å². The van der Waals surface area contributed by atoms with Gasteiger partial charge in [-0.15, -0.1) is 0 Å². The first-order chi connectivity index (χ1) is 8.02. The van der Waals surface area contributed by atoms with Gasteiger partial charge in [0.15, 0.2) is 5.11 Å². The Morgan fingerprint density at radius 3 is 2.82 bits per heavy atom. The van der Waals surface area contributed by atoms with E-state index < -0.39 is 5.82 Å². The van der Waals surface area contributed by atoms with Crippen molar-refractivity contribution in [1.29, 1.82) is 0 Å². The van der Waals surface area contributed by atoms with E-state index in [0.29, 0.717) is 16.8 Å². The lowest BCUT2D eigenvalue weighted by molar-refractivity contribution is 0.599. The Labute approximate surface area is 112 Å². The molecule has 0 aliphatic carbocycles. The Morgan fingerprint density at radius 2 is 2.24 bits per heavy atom. The highest BCUT2D eigenvalue weighted by Crippen LogP contribution is 2.19. The maximum absolute atomic E-state index is 12.9. The monoisotopic (exact) mass is 274 g/mol. The van der Waals surface area contributed by atoms with Crippen LogP contribution in [0.4, 0.5) is 10.1 Å². The zero-order valence-corrected chi connectivity index (χ0v) is 11.5. The number of thiocarbonyl (C=S) groups is 1. The molecule has 17 heavy (non-hydrogen) atoms. The topological polar surface area (TPSA) is 24.1 Å². The quantitative estimate of drug-likeness (QED) is 0.813. The number of nitrogens with one attached hydrogen (secondary N) is 2. The Hall–Kier alpha value is -0.870. The van der Waals surface area contributed by atoms with Gasteiger partial charge >= 0.3 is 0 Å². The van der Waals surface area contributed by atoms with Gasteiger partial charge in [-0.25, -0.2) is 4.39 Å². The van der Waals surface area contributed by atoms with Crippen LogP contribution in [0, 0.1) is 5.82 Å². The third kappa shape index (κ3) is 4.88. The first-order valence-electron chi connectivity index (χ1n) is 5.55. The van der Waals surface area contributed by atoms with Gasteiger partial charge in [0.1, 0.15) is 5.82 Å². The summed E-state index contributed by atoms with van der Waals surface area (Å²) in [5.74, 6) is -0.435. The van der Waals surface area contributed by atoms with Crippen LogP contribution in [-0.2, 0) is 0 Å². The molecule has 1 atom stereocenters. The fourth-order valence-corrected chi connectivity index (χ4v) is 1.97. The summed E-state index contributed by atoms with van der Waals surface area (Å²) >= 11 is 10.8. The molecule has 0 radical (unpaired) electrons. The maximum atomic E-state index is 12.9. The molecule has 0 saturated heterocycles. The average molecular weight is 275 g/mol. The fraction of sp³-hybridized carbons (Fsp3) is 0.417. The molecule has 0 aliphatic rings. The molecule has 0 bridgehead atoms. The third-order valence-electron chi connectivity index (χ3n) is 2.28. The van der Waals surface area contributed by atoms with Gasteiger partial charge < -0.3 is 10.6 Å². The number of halogens is 2. The van der Waals surface area contributed by atoms with E-state index in [0.717, 1.165) is 12.8 Å². The summed E-state index contributed by atoms with van der Waals surface area (Å²) in [6.45, 7) is 4.18. The van der Waals surface area contributed by atoms with Gasteiger partial charge in [-0.3, -0.25) is 0 Å². The van der Waals surface area contributed by atoms with E-state index in [9.17, 15) is 4.39 Å². The van der Waals surface area contributed by atoms with Gasteiger partial charge in [0.05, 0.1) is 5.02 Å². The fourth-order valence-electron chi connectivity index (χ4n) is 1.47. The number of hydrogen-bond acceptors (Lipinski definition) is 1. The van der Waals surface area contributed by atoms with E-state index in [1.165, 1.54) is 12.1 Å². The van der Waals surface area contributed by atoms with Crippen molar-refractivity contribution in [2.75, 3.05) is 5.32 Å². The minimum atomic E-state index is -0.435. The molecule has 0 spiro atoms. The second-order valence-electron chi connectivity index (χ2n) is 3.92. The van der Waals surface area contributed by atoms with Gasteiger partial charge in [-0.2, -0.15) is 0 Å². The molecule has 1 aromatic rings. The lowest BCUT2D eigenvalue weighted by atomic mass is 10.2. The van der Waals surface area contributed by atoms with Crippen molar-refractivity contribution < 1.29 is 4.39 Å². The maximum Gasteiger partial charge on any atom is 0.170 e. The van der Waals surface area contributed by atoms with Crippen LogP contribution >= 0.6 is 23.8 Å². The third-order valence-corrected chi connectivity index (χ3v) is 2.79. The smallest absolute Gasteiger partial charge is 0.170 e. The van der Waals surface area contributed by atoms with Crippen molar-refractivity contribution in [3.63, 3.8) is 0 Å². The summed E-state index contributed by atoms with van der Waals surface area (Å²) in [5.41, 5.74) is 0.678. The van der Waals surface area contributed by atoms with Crippen LogP contribution in [0.3, 0.4) is 0 Å². The molecular formula is C12H16ClFN2S. The lowest BCUT2D eigenvalue weighted by Crippen LogP contribution is -2.35. The standard InChI is InChI=1S/C12H16ClFN2S/c1-3-4-8(2)15-12(17)16-9-5-6-11(14)10(13)7-9/h5-8H,3-4H2,1-2H3,(H2,15,16,17). The van der Waals surface area contributed by atoms with Crippen molar-refractivity contribution in [2.45, 2.75) is 32.7 Å². The highest BCUT2D eigenvalue weighted by atomic mass is 35.5. The number of benzene rings is 1. The van der Waals surface area contributed by atoms with Crippen LogP contribution in [0.15, 0.2) is 18.2 Å². The summed E-state index contributed by atoms with van der Waals surface area (Å²) in [4.78, 5) is 0. The van der Waals surface area contributed by atoms with Crippen molar-refractivity contribution in [3.05, 3.63) is 29.0 Å². The molecule has 2 N–H and O–H groups in total. The molecule has 0 aliphatic heterocycles. The van der Waals surface area contributed by atoms with Gasteiger partial charge in [0.25, 0.3) is 0 Å². The first kappa shape index (κ1) is 14.2. The van der Waals surface area contributed by atoms with Crippen LogP contribution in [0.25, 0.3) is 0 Å². The number of rotatable bonds is 4. The predicted molar refractivity (Wildman–Crippen MR) is 75.1 cm³/mol. The zero-order chi connectivity index (χ0) is 12.8. The molecule has 2 nitrogen and oxygen atoms in total. The van der Waals surface area contributed by atoms with E-state index in [4.69, 9.17) is 23.8 Å². The van der Waals surface area contributed by atoms with Crippen molar-refractivity contribution in [3.8, 4) is 0 Å². The summed E-state index contributed by atoms with van der Waals surface area (Å²) in [6, 6.07) is 4.73. The zero-order valence-electron chi connectivity index (χ0n) is 9.89. The van der Waals surface area contributed by atoms with E-state index >= 15 is 0 Å². The normalized spacial score (nSPS) is 12.0. The molecule has 5 heteroatoms. The Balaban J connectivity index is 2.53. The SMILES string of the molecule is CCCC(C)NC(=S)Nc1ccc(F)c(Cl)c1. The molecule has 1 aromatic carbocycles. The minimum Gasteiger partial charge on any atom is -0.360 e. The molecule has 1 unspecified atom stereocenters. The summed E-state index contributed by atoms with van der Waals surface area (Å²) < 4.78 is 12.9. The Bertz CT molecular complexity index is 398. The van der Waals surface area contributed by atoms with Crippen LogP contribution in [-0.4, -0.2) is 11.2 Å². The highest BCUT2D eigenvalue weighted by molar-refractivity contribution is 7.80. The molecule has 1 rings (SSSR count).